The van der Waals surface area contributed by atoms with Crippen LogP contribution in [0.5, 0.6) is 0 Å². The number of hydrogen-bond donors (Lipinski definition) is 0. The fourth-order valence-corrected chi connectivity index (χ4v) is 7.84. The molecule has 0 heterocycles. The summed E-state index contributed by atoms with van der Waals surface area (Å²) in [5.41, 5.74) is 12.0. The maximum Gasteiger partial charge on any atom is 0.0468 e. The number of rotatable bonds is 19. The first-order valence-corrected chi connectivity index (χ1v) is 23.2. The Morgan fingerprint density at radius 2 is 1.18 bits per heavy atom. The molecule has 324 valence electrons. The Bertz CT molecular complexity index is 2330. The molecule has 0 spiro atoms. The zero-order chi connectivity index (χ0) is 44.7. The number of nitrogens with zero attached hydrogens (tertiary/aromatic N) is 2. The molecule has 5 aromatic carbocycles. The average molecular weight is 823 g/mol. The molecule has 0 aliphatic carbocycles. The van der Waals surface area contributed by atoms with Crippen LogP contribution in [0.4, 0.5) is 22.7 Å². The summed E-state index contributed by atoms with van der Waals surface area (Å²) >= 11 is 0. The van der Waals surface area contributed by atoms with E-state index in [0.29, 0.717) is 5.92 Å². The lowest BCUT2D eigenvalue weighted by Crippen LogP contribution is -2.21. The average Bonchev–Trinajstić information content (AvgIpc) is 3.25. The summed E-state index contributed by atoms with van der Waals surface area (Å²) in [7, 11) is 0. The van der Waals surface area contributed by atoms with E-state index in [1.165, 1.54) is 33.2 Å². The van der Waals surface area contributed by atoms with E-state index < -0.39 is 0 Å². The smallest absolute Gasteiger partial charge is 0.0468 e. The number of benzene rings is 5. The van der Waals surface area contributed by atoms with Gasteiger partial charge >= 0.3 is 0 Å². The standard InChI is InChI=1S/C60H74N2/c1-12-15-22-48(28-27-47(5)61(55-41-34-52(35-42-55)59(6,7)8)54(25-16-13-2)26-19-21-46(4)20-14-3)29-30-49-31-38-56(39-32-49)62(57-43-36-53(37-44-57)60(9,10)11)58-40-33-50-23-17-18-24-51(50)45-58/h14,17-18,20,22-25,27-46H,5,12-13,15-16,19,21,26H2,1-4,6-11H3/b20-14-,28-27-,30-29+,48-22?,54-25+. The van der Waals surface area contributed by atoms with E-state index in [9.17, 15) is 0 Å². The van der Waals surface area contributed by atoms with Gasteiger partial charge in [-0.2, -0.15) is 0 Å². The molecule has 2 nitrogen and oxygen atoms in total. The van der Waals surface area contributed by atoms with E-state index in [1.807, 2.05) is 0 Å². The Labute approximate surface area is 376 Å². The Morgan fingerprint density at radius 3 is 1.76 bits per heavy atom. The van der Waals surface area contributed by atoms with Gasteiger partial charge in [0.1, 0.15) is 0 Å². The monoisotopic (exact) mass is 823 g/mol. The van der Waals surface area contributed by atoms with Gasteiger partial charge in [-0.1, -0.05) is 191 Å². The van der Waals surface area contributed by atoms with Crippen molar-refractivity contribution in [1.82, 2.24) is 0 Å². The Balaban J connectivity index is 1.44. The highest BCUT2D eigenvalue weighted by Crippen LogP contribution is 2.38. The largest absolute Gasteiger partial charge is 0.315 e. The van der Waals surface area contributed by atoms with E-state index in [-0.39, 0.29) is 10.8 Å². The second-order valence-corrected chi connectivity index (χ2v) is 18.9. The SMILES string of the molecule is C=C(/C=C\C(=CCCC)/C=C/c1ccc(N(c2ccc(C(C)(C)C)cc2)c2ccc3ccccc3c2)cc1)N(/C(=C/CCC)CCCC(C)/C=C\C)c1ccc(C(C)(C)C)cc1. The first-order valence-electron chi connectivity index (χ1n) is 23.2. The van der Waals surface area contributed by atoms with Crippen LogP contribution in [0.1, 0.15) is 131 Å². The zero-order valence-electron chi connectivity index (χ0n) is 39.7. The molecule has 0 saturated heterocycles. The quantitative estimate of drug-likeness (QED) is 0.0605. The highest BCUT2D eigenvalue weighted by Gasteiger charge is 2.19. The van der Waals surface area contributed by atoms with Gasteiger partial charge in [-0.25, -0.2) is 0 Å². The van der Waals surface area contributed by atoms with E-state index in [0.717, 1.165) is 79.0 Å². The summed E-state index contributed by atoms with van der Waals surface area (Å²) in [6.45, 7) is 27.3. The molecule has 0 aliphatic rings. The molecule has 62 heavy (non-hydrogen) atoms. The molecule has 5 aromatic rings. The predicted octanol–water partition coefficient (Wildman–Crippen LogP) is 18.3. The molecule has 0 aromatic heterocycles. The van der Waals surface area contributed by atoms with E-state index >= 15 is 0 Å². The zero-order valence-corrected chi connectivity index (χ0v) is 39.7. The van der Waals surface area contributed by atoms with Crippen LogP contribution in [0.2, 0.25) is 0 Å². The lowest BCUT2D eigenvalue weighted by Gasteiger charge is -2.30. The van der Waals surface area contributed by atoms with Gasteiger partial charge in [-0.3, -0.25) is 0 Å². The predicted molar refractivity (Wildman–Crippen MR) is 276 cm³/mol. The minimum Gasteiger partial charge on any atom is -0.315 e. The molecule has 1 unspecified atom stereocenters. The van der Waals surface area contributed by atoms with Crippen molar-refractivity contribution >= 4 is 39.6 Å². The third kappa shape index (κ3) is 13.4. The van der Waals surface area contributed by atoms with Gasteiger partial charge in [-0.15, -0.1) is 0 Å². The van der Waals surface area contributed by atoms with Crippen molar-refractivity contribution in [3.8, 4) is 0 Å². The molecule has 2 heteroatoms. The van der Waals surface area contributed by atoms with Crippen LogP contribution in [-0.4, -0.2) is 0 Å². The minimum absolute atomic E-state index is 0.0875. The van der Waals surface area contributed by atoms with Crippen LogP contribution in [0.15, 0.2) is 181 Å². The number of anilines is 4. The van der Waals surface area contributed by atoms with Crippen LogP contribution in [0.3, 0.4) is 0 Å². The molecular formula is C60H74N2. The molecule has 5 rings (SSSR count). The number of fused-ring (bicyclic) bond motifs is 1. The van der Waals surface area contributed by atoms with E-state index in [2.05, 4.69) is 243 Å². The molecule has 0 amide bonds. The van der Waals surface area contributed by atoms with Gasteiger partial charge in [0, 0.05) is 34.1 Å². The van der Waals surface area contributed by atoms with Crippen LogP contribution in [-0.2, 0) is 10.8 Å². The van der Waals surface area contributed by atoms with Crippen molar-refractivity contribution in [3.63, 3.8) is 0 Å². The highest BCUT2D eigenvalue weighted by molar-refractivity contribution is 5.89. The summed E-state index contributed by atoms with van der Waals surface area (Å²) in [6.07, 6.45) is 25.8. The molecule has 0 N–H and O–H groups in total. The third-order valence-corrected chi connectivity index (χ3v) is 11.6. The molecular weight excluding hydrogens is 749 g/mol. The van der Waals surface area contributed by atoms with Crippen molar-refractivity contribution < 1.29 is 0 Å². The van der Waals surface area contributed by atoms with Gasteiger partial charge in [0.25, 0.3) is 0 Å². The molecule has 0 bridgehead atoms. The van der Waals surface area contributed by atoms with Gasteiger partial charge in [0.15, 0.2) is 0 Å². The maximum absolute atomic E-state index is 4.72. The summed E-state index contributed by atoms with van der Waals surface area (Å²) < 4.78 is 0. The summed E-state index contributed by atoms with van der Waals surface area (Å²) in [5.74, 6) is 0.568. The lowest BCUT2D eigenvalue weighted by atomic mass is 9.87. The van der Waals surface area contributed by atoms with Crippen molar-refractivity contribution in [3.05, 3.63) is 198 Å². The van der Waals surface area contributed by atoms with Crippen molar-refractivity contribution in [1.29, 1.82) is 0 Å². The minimum atomic E-state index is 0.0875. The van der Waals surface area contributed by atoms with E-state index in [4.69, 9.17) is 6.58 Å². The second-order valence-electron chi connectivity index (χ2n) is 18.9. The maximum atomic E-state index is 4.72. The molecule has 0 fully saturated rings. The molecule has 1 atom stereocenters. The number of allylic oxidation sites excluding steroid dienone is 9. The van der Waals surface area contributed by atoms with Gasteiger partial charge < -0.3 is 9.80 Å². The Hall–Kier alpha value is -5.60. The highest BCUT2D eigenvalue weighted by atomic mass is 15.2. The number of unbranched alkanes of at least 4 members (excludes halogenated alkanes) is 2. The first kappa shape index (κ1) is 47.4. The topological polar surface area (TPSA) is 6.48 Å². The number of hydrogen-bond acceptors (Lipinski definition) is 2. The van der Waals surface area contributed by atoms with Crippen molar-refractivity contribution in [2.24, 2.45) is 5.92 Å². The van der Waals surface area contributed by atoms with Gasteiger partial charge in [0.2, 0.25) is 0 Å². The van der Waals surface area contributed by atoms with Gasteiger partial charge in [0.05, 0.1) is 0 Å². The van der Waals surface area contributed by atoms with Crippen LogP contribution in [0.25, 0.3) is 16.8 Å². The Morgan fingerprint density at radius 1 is 0.629 bits per heavy atom. The van der Waals surface area contributed by atoms with Crippen molar-refractivity contribution in [2.75, 3.05) is 9.80 Å². The summed E-state index contributed by atoms with van der Waals surface area (Å²) in [5, 5.41) is 2.47. The van der Waals surface area contributed by atoms with Crippen LogP contribution >= 0.6 is 0 Å². The van der Waals surface area contributed by atoms with Crippen molar-refractivity contribution in [2.45, 2.75) is 125 Å². The fraction of sp³-hybridized carbons (Fsp3) is 0.333. The molecule has 0 saturated carbocycles. The Kier molecular flexibility index (Phi) is 17.2. The molecule has 0 radical (unpaired) electrons. The van der Waals surface area contributed by atoms with E-state index in [1.54, 1.807) is 0 Å². The fourth-order valence-electron chi connectivity index (χ4n) is 7.84. The normalized spacial score (nSPS) is 13.5. The summed E-state index contributed by atoms with van der Waals surface area (Å²) in [4.78, 5) is 4.76. The molecule has 0 aliphatic heterocycles. The lowest BCUT2D eigenvalue weighted by molar-refractivity contribution is 0.590. The van der Waals surface area contributed by atoms with Crippen LogP contribution < -0.4 is 9.80 Å². The first-order chi connectivity index (χ1) is 29.7. The summed E-state index contributed by atoms with van der Waals surface area (Å²) in [6, 6.07) is 42.5. The van der Waals surface area contributed by atoms with Gasteiger partial charge in [-0.05, 0) is 143 Å². The third-order valence-electron chi connectivity index (χ3n) is 11.6. The second kappa shape index (κ2) is 22.5. The van der Waals surface area contributed by atoms with Crippen LogP contribution in [0, 0.1) is 5.92 Å².